The molecule has 20 heavy (non-hydrogen) atoms. The zero-order valence-corrected chi connectivity index (χ0v) is 11.2. The van der Waals surface area contributed by atoms with Crippen molar-refractivity contribution >= 4 is 11.7 Å². The molecule has 1 aliphatic rings. The highest BCUT2D eigenvalue weighted by molar-refractivity contribution is 6.09. The summed E-state index contributed by atoms with van der Waals surface area (Å²) in [5.41, 5.74) is 0.580. The summed E-state index contributed by atoms with van der Waals surface area (Å²) in [5.74, 6) is -3.53. The molecular weight excluding hydrogens is 273 g/mol. The smallest absolute Gasteiger partial charge is 0.329 e. The number of alkyl halides is 3. The molecule has 0 saturated heterocycles. The van der Waals surface area contributed by atoms with Gasteiger partial charge in [-0.1, -0.05) is 5.57 Å². The zero-order valence-electron chi connectivity index (χ0n) is 11.2. The minimum absolute atomic E-state index is 0.469. The molecule has 1 aliphatic carbocycles. The highest BCUT2D eigenvalue weighted by atomic mass is 19.4. The molecule has 0 aromatic rings. The average molecular weight is 288 g/mol. The molecule has 1 fully saturated rings. The van der Waals surface area contributed by atoms with Crippen LogP contribution in [0.5, 0.6) is 0 Å². The third kappa shape index (κ3) is 4.68. The lowest BCUT2D eigenvalue weighted by atomic mass is 10.0. The third-order valence-corrected chi connectivity index (χ3v) is 2.71. The van der Waals surface area contributed by atoms with Gasteiger partial charge in [-0.2, -0.15) is 18.4 Å². The van der Waals surface area contributed by atoms with E-state index in [0.717, 1.165) is 6.08 Å². The Balaban J connectivity index is 2.90. The molecule has 0 bridgehead atoms. The molecule has 0 aromatic carbocycles. The second kappa shape index (κ2) is 6.07. The minimum atomic E-state index is -4.54. The molecule has 0 aromatic heterocycles. The summed E-state index contributed by atoms with van der Waals surface area (Å²) in [6.45, 7) is 1.78. The van der Waals surface area contributed by atoms with Crippen molar-refractivity contribution in [3.63, 3.8) is 0 Å². The van der Waals surface area contributed by atoms with Gasteiger partial charge in [0.05, 0.1) is 6.07 Å². The van der Waals surface area contributed by atoms with E-state index in [1.54, 1.807) is 13.8 Å². The van der Waals surface area contributed by atoms with Gasteiger partial charge in [-0.05, 0) is 32.8 Å². The van der Waals surface area contributed by atoms with Crippen LogP contribution in [0.1, 0.15) is 26.7 Å². The fourth-order valence-electron chi connectivity index (χ4n) is 1.74. The minimum Gasteiger partial charge on any atom is -0.329 e. The first-order chi connectivity index (χ1) is 9.15. The van der Waals surface area contributed by atoms with E-state index in [1.165, 1.54) is 6.07 Å². The van der Waals surface area contributed by atoms with Crippen LogP contribution in [0, 0.1) is 17.2 Å². The average Bonchev–Trinajstić information content (AvgIpc) is 3.08. The molecule has 0 unspecified atom stereocenters. The lowest BCUT2D eigenvalue weighted by molar-refractivity contribution is -0.164. The SMILES string of the molecule is CC(C)=CC(=O)[C@@H](C#N)C(=O)N(CC(F)(F)F)C1CC1. The number of hydrogen-bond acceptors (Lipinski definition) is 3. The molecule has 110 valence electrons. The molecule has 0 N–H and O–H groups in total. The molecule has 7 heteroatoms. The lowest BCUT2D eigenvalue weighted by Gasteiger charge is -2.25. The molecular formula is C13H15F3N2O2. The van der Waals surface area contributed by atoms with Gasteiger partial charge in [0.25, 0.3) is 0 Å². The van der Waals surface area contributed by atoms with E-state index >= 15 is 0 Å². The van der Waals surface area contributed by atoms with Gasteiger partial charge in [-0.25, -0.2) is 0 Å². The Kier molecular flexibility index (Phi) is 4.93. The number of carbonyl (C=O) groups excluding carboxylic acids is 2. The van der Waals surface area contributed by atoms with Crippen LogP contribution in [-0.4, -0.2) is 35.4 Å². The monoisotopic (exact) mass is 288 g/mol. The summed E-state index contributed by atoms with van der Waals surface area (Å²) < 4.78 is 37.4. The molecule has 0 spiro atoms. The maximum absolute atomic E-state index is 12.5. The first kappa shape index (κ1) is 16.2. The Bertz CT molecular complexity index is 469. The molecule has 0 heterocycles. The van der Waals surface area contributed by atoms with Gasteiger partial charge in [-0.3, -0.25) is 9.59 Å². The number of allylic oxidation sites excluding steroid dienone is 2. The van der Waals surface area contributed by atoms with Crippen LogP contribution in [0.15, 0.2) is 11.6 Å². The summed E-state index contributed by atoms with van der Waals surface area (Å²) >= 11 is 0. The fourth-order valence-corrected chi connectivity index (χ4v) is 1.74. The quantitative estimate of drug-likeness (QED) is 0.575. The molecule has 1 rings (SSSR count). The van der Waals surface area contributed by atoms with E-state index < -0.39 is 36.4 Å². The Morgan fingerprint density at radius 3 is 2.30 bits per heavy atom. The maximum atomic E-state index is 12.5. The van der Waals surface area contributed by atoms with Gasteiger partial charge in [0.1, 0.15) is 6.54 Å². The number of hydrogen-bond donors (Lipinski definition) is 0. The third-order valence-electron chi connectivity index (χ3n) is 2.71. The van der Waals surface area contributed by atoms with Crippen LogP contribution in [-0.2, 0) is 9.59 Å². The fraction of sp³-hybridized carbons (Fsp3) is 0.615. The van der Waals surface area contributed by atoms with E-state index in [9.17, 15) is 22.8 Å². The molecule has 1 amide bonds. The number of halogens is 3. The van der Waals surface area contributed by atoms with Gasteiger partial charge in [0, 0.05) is 6.04 Å². The predicted molar refractivity (Wildman–Crippen MR) is 64.3 cm³/mol. The van der Waals surface area contributed by atoms with Crippen LogP contribution in [0.3, 0.4) is 0 Å². The van der Waals surface area contributed by atoms with Crippen LogP contribution in [0.2, 0.25) is 0 Å². The van der Waals surface area contributed by atoms with Gasteiger partial charge < -0.3 is 4.90 Å². The van der Waals surface area contributed by atoms with Crippen molar-refractivity contribution in [3.05, 3.63) is 11.6 Å². The summed E-state index contributed by atoms with van der Waals surface area (Å²) in [4.78, 5) is 24.3. The van der Waals surface area contributed by atoms with Gasteiger partial charge in [0.2, 0.25) is 5.91 Å². The Hall–Kier alpha value is -1.84. The van der Waals surface area contributed by atoms with E-state index in [0.29, 0.717) is 23.3 Å². The number of nitriles is 1. The van der Waals surface area contributed by atoms with Crippen molar-refractivity contribution < 1.29 is 22.8 Å². The van der Waals surface area contributed by atoms with Gasteiger partial charge in [0.15, 0.2) is 11.7 Å². The molecule has 0 aliphatic heterocycles. The largest absolute Gasteiger partial charge is 0.406 e. The van der Waals surface area contributed by atoms with E-state index in [4.69, 9.17) is 5.26 Å². The summed E-state index contributed by atoms with van der Waals surface area (Å²) in [7, 11) is 0. The lowest BCUT2D eigenvalue weighted by Crippen LogP contribution is -2.45. The first-order valence-electron chi connectivity index (χ1n) is 6.11. The second-order valence-electron chi connectivity index (χ2n) is 5.00. The Labute approximate surface area is 114 Å². The molecule has 1 atom stereocenters. The number of amides is 1. The number of nitrogens with zero attached hydrogens (tertiary/aromatic N) is 2. The van der Waals surface area contributed by atoms with Crippen LogP contribution < -0.4 is 0 Å². The number of carbonyl (C=O) groups is 2. The van der Waals surface area contributed by atoms with E-state index in [1.807, 2.05) is 0 Å². The topological polar surface area (TPSA) is 61.2 Å². The predicted octanol–water partition coefficient (Wildman–Crippen LogP) is 2.21. The van der Waals surface area contributed by atoms with Crippen LogP contribution >= 0.6 is 0 Å². The first-order valence-corrected chi connectivity index (χ1v) is 6.11. The van der Waals surface area contributed by atoms with Crippen molar-refractivity contribution in [2.24, 2.45) is 5.92 Å². The van der Waals surface area contributed by atoms with Crippen LogP contribution in [0.25, 0.3) is 0 Å². The van der Waals surface area contributed by atoms with Crippen molar-refractivity contribution in [1.82, 2.24) is 4.90 Å². The zero-order chi connectivity index (χ0) is 15.5. The Morgan fingerprint density at radius 1 is 1.40 bits per heavy atom. The Morgan fingerprint density at radius 2 is 1.95 bits per heavy atom. The highest BCUT2D eigenvalue weighted by Gasteiger charge is 2.43. The molecule has 0 radical (unpaired) electrons. The molecule has 4 nitrogen and oxygen atoms in total. The highest BCUT2D eigenvalue weighted by Crippen LogP contribution is 2.31. The summed E-state index contributed by atoms with van der Waals surface area (Å²) in [6, 6.07) is 0.989. The van der Waals surface area contributed by atoms with Crippen LogP contribution in [0.4, 0.5) is 13.2 Å². The van der Waals surface area contributed by atoms with E-state index in [-0.39, 0.29) is 0 Å². The van der Waals surface area contributed by atoms with Crippen molar-refractivity contribution in [2.45, 2.75) is 38.9 Å². The number of rotatable bonds is 5. The van der Waals surface area contributed by atoms with Crippen molar-refractivity contribution in [2.75, 3.05) is 6.54 Å². The number of ketones is 1. The van der Waals surface area contributed by atoms with Crippen molar-refractivity contribution in [1.29, 1.82) is 5.26 Å². The molecule has 1 saturated carbocycles. The standard InChI is InChI=1S/C13H15F3N2O2/c1-8(2)5-11(19)10(6-17)12(20)18(9-3-4-9)7-13(14,15)16/h5,9-10H,3-4,7H2,1-2H3/t10-/m1/s1. The normalized spacial score (nSPS) is 16.0. The van der Waals surface area contributed by atoms with E-state index in [2.05, 4.69) is 0 Å². The van der Waals surface area contributed by atoms with Crippen molar-refractivity contribution in [3.8, 4) is 6.07 Å². The summed E-state index contributed by atoms with van der Waals surface area (Å²) in [5, 5.41) is 8.90. The van der Waals surface area contributed by atoms with Gasteiger partial charge >= 0.3 is 6.18 Å². The van der Waals surface area contributed by atoms with Gasteiger partial charge in [-0.15, -0.1) is 0 Å². The summed E-state index contributed by atoms with van der Waals surface area (Å²) in [6.07, 6.45) is -2.50. The maximum Gasteiger partial charge on any atom is 0.406 e. The second-order valence-corrected chi connectivity index (χ2v) is 5.00.